The highest BCUT2D eigenvalue weighted by Gasteiger charge is 2.23. The molecule has 2 heteroatoms. The summed E-state index contributed by atoms with van der Waals surface area (Å²) in [5.74, 6) is 1.76. The van der Waals surface area contributed by atoms with E-state index in [1.807, 2.05) is 0 Å². The predicted molar refractivity (Wildman–Crippen MR) is 77.7 cm³/mol. The Hall–Kier alpha value is -0.760. The lowest BCUT2D eigenvalue weighted by Gasteiger charge is -2.32. The summed E-state index contributed by atoms with van der Waals surface area (Å²) in [5.41, 5.74) is 4.22. The monoisotopic (exact) mass is 248 g/mol. The zero-order valence-corrected chi connectivity index (χ0v) is 12.6. The molecule has 1 fully saturated rings. The third-order valence-electron chi connectivity index (χ3n) is 4.64. The number of hydrogen-bond donors (Lipinski definition) is 1. The number of aromatic nitrogens is 1. The summed E-state index contributed by atoms with van der Waals surface area (Å²) in [6.07, 6.45) is 4.09. The van der Waals surface area contributed by atoms with Crippen LogP contribution in [0.2, 0.25) is 0 Å². The van der Waals surface area contributed by atoms with Crippen LogP contribution >= 0.6 is 0 Å². The molecule has 1 aromatic heterocycles. The first kappa shape index (κ1) is 13.7. The standard InChI is InChI=1S/C16H28N2/c1-11-6-12(2)8-16(7-11)17-10-15-9-13(3)18(5)14(15)4/h9,11-12,16-17H,6-8,10H2,1-5H3. The highest BCUT2D eigenvalue weighted by atomic mass is 15.0. The number of nitrogens with one attached hydrogen (secondary N) is 1. The fourth-order valence-corrected chi connectivity index (χ4v) is 3.48. The maximum atomic E-state index is 3.77. The van der Waals surface area contributed by atoms with Crippen LogP contribution in [-0.2, 0) is 13.6 Å². The summed E-state index contributed by atoms with van der Waals surface area (Å²) in [5, 5.41) is 3.77. The maximum Gasteiger partial charge on any atom is 0.0225 e. The van der Waals surface area contributed by atoms with Crippen molar-refractivity contribution in [3.63, 3.8) is 0 Å². The van der Waals surface area contributed by atoms with Crippen LogP contribution in [0.1, 0.15) is 50.1 Å². The molecule has 1 saturated carbocycles. The topological polar surface area (TPSA) is 17.0 Å². The van der Waals surface area contributed by atoms with Gasteiger partial charge in [-0.05, 0) is 56.6 Å². The van der Waals surface area contributed by atoms with Crippen molar-refractivity contribution in [2.75, 3.05) is 0 Å². The van der Waals surface area contributed by atoms with Gasteiger partial charge in [-0.15, -0.1) is 0 Å². The molecule has 1 aromatic rings. The molecule has 0 radical (unpaired) electrons. The van der Waals surface area contributed by atoms with Gasteiger partial charge in [-0.1, -0.05) is 13.8 Å². The van der Waals surface area contributed by atoms with E-state index in [1.54, 1.807) is 0 Å². The fourth-order valence-electron chi connectivity index (χ4n) is 3.48. The average Bonchev–Trinajstić information content (AvgIpc) is 2.53. The molecule has 0 bridgehead atoms. The minimum Gasteiger partial charge on any atom is -0.352 e. The minimum absolute atomic E-state index is 0.712. The first-order chi connectivity index (χ1) is 8.47. The Kier molecular flexibility index (Phi) is 4.16. The fraction of sp³-hybridized carbons (Fsp3) is 0.750. The molecule has 18 heavy (non-hydrogen) atoms. The second-order valence-corrected chi connectivity index (χ2v) is 6.45. The van der Waals surface area contributed by atoms with E-state index in [4.69, 9.17) is 0 Å². The lowest BCUT2D eigenvalue weighted by Crippen LogP contribution is -2.35. The highest BCUT2D eigenvalue weighted by molar-refractivity contribution is 5.26. The molecule has 1 aliphatic rings. The van der Waals surface area contributed by atoms with Crippen LogP contribution in [0.3, 0.4) is 0 Å². The Balaban J connectivity index is 1.93. The van der Waals surface area contributed by atoms with Gasteiger partial charge < -0.3 is 9.88 Å². The van der Waals surface area contributed by atoms with Crippen LogP contribution in [0, 0.1) is 25.7 Å². The molecule has 2 atom stereocenters. The van der Waals surface area contributed by atoms with E-state index in [9.17, 15) is 0 Å². The van der Waals surface area contributed by atoms with Gasteiger partial charge in [-0.25, -0.2) is 0 Å². The maximum absolute atomic E-state index is 3.77. The second-order valence-electron chi connectivity index (χ2n) is 6.45. The van der Waals surface area contributed by atoms with E-state index < -0.39 is 0 Å². The van der Waals surface area contributed by atoms with Gasteiger partial charge in [-0.2, -0.15) is 0 Å². The molecule has 0 amide bonds. The second kappa shape index (κ2) is 5.48. The van der Waals surface area contributed by atoms with Crippen LogP contribution in [0.15, 0.2) is 6.07 Å². The van der Waals surface area contributed by atoms with Crippen molar-refractivity contribution in [1.82, 2.24) is 9.88 Å². The summed E-state index contributed by atoms with van der Waals surface area (Å²) >= 11 is 0. The molecule has 2 unspecified atom stereocenters. The molecule has 0 aliphatic heterocycles. The number of aryl methyl sites for hydroxylation is 1. The first-order valence-electron chi connectivity index (χ1n) is 7.32. The van der Waals surface area contributed by atoms with Crippen molar-refractivity contribution >= 4 is 0 Å². The van der Waals surface area contributed by atoms with E-state index in [0.29, 0.717) is 6.04 Å². The Morgan fingerprint density at radius 2 is 1.78 bits per heavy atom. The predicted octanol–water partition coefficient (Wildman–Crippen LogP) is 3.56. The first-order valence-corrected chi connectivity index (χ1v) is 7.32. The Labute approximate surface area is 112 Å². The van der Waals surface area contributed by atoms with Gasteiger partial charge >= 0.3 is 0 Å². The van der Waals surface area contributed by atoms with Crippen molar-refractivity contribution in [3.8, 4) is 0 Å². The summed E-state index contributed by atoms with van der Waals surface area (Å²) in [7, 11) is 2.15. The van der Waals surface area contributed by atoms with Crippen LogP contribution in [0.5, 0.6) is 0 Å². The summed E-state index contributed by atoms with van der Waals surface area (Å²) in [6.45, 7) is 10.2. The van der Waals surface area contributed by atoms with Crippen molar-refractivity contribution in [1.29, 1.82) is 0 Å². The largest absolute Gasteiger partial charge is 0.352 e. The molecule has 0 aromatic carbocycles. The molecule has 0 saturated heterocycles. The van der Waals surface area contributed by atoms with Crippen LogP contribution in [0.25, 0.3) is 0 Å². The molecule has 1 aliphatic carbocycles. The van der Waals surface area contributed by atoms with E-state index >= 15 is 0 Å². The molecule has 2 rings (SSSR count). The zero-order valence-electron chi connectivity index (χ0n) is 12.6. The van der Waals surface area contributed by atoms with E-state index in [0.717, 1.165) is 18.4 Å². The third-order valence-corrected chi connectivity index (χ3v) is 4.64. The van der Waals surface area contributed by atoms with E-state index in [-0.39, 0.29) is 0 Å². The highest BCUT2D eigenvalue weighted by Crippen LogP contribution is 2.28. The van der Waals surface area contributed by atoms with Gasteiger partial charge in [0.25, 0.3) is 0 Å². The normalized spacial score (nSPS) is 28.6. The SMILES string of the molecule is Cc1cc(CNC2CC(C)CC(C)C2)c(C)n1C. The van der Waals surface area contributed by atoms with Crippen LogP contribution < -0.4 is 5.32 Å². The Morgan fingerprint density at radius 1 is 1.17 bits per heavy atom. The molecule has 102 valence electrons. The summed E-state index contributed by atoms with van der Waals surface area (Å²) < 4.78 is 2.28. The molecule has 2 nitrogen and oxygen atoms in total. The number of rotatable bonds is 3. The van der Waals surface area contributed by atoms with Gasteiger partial charge in [0.1, 0.15) is 0 Å². The molecular formula is C16H28N2. The third kappa shape index (κ3) is 2.97. The molecular weight excluding hydrogens is 220 g/mol. The van der Waals surface area contributed by atoms with Crippen LogP contribution in [0.4, 0.5) is 0 Å². The van der Waals surface area contributed by atoms with Crippen molar-refractivity contribution in [2.45, 2.75) is 59.5 Å². The molecule has 1 N–H and O–H groups in total. The summed E-state index contributed by atoms with van der Waals surface area (Å²) in [6, 6.07) is 3.03. The zero-order chi connectivity index (χ0) is 13.3. The Morgan fingerprint density at radius 3 is 2.28 bits per heavy atom. The van der Waals surface area contributed by atoms with Gasteiger partial charge in [0.15, 0.2) is 0 Å². The number of nitrogens with zero attached hydrogens (tertiary/aromatic N) is 1. The van der Waals surface area contributed by atoms with Crippen molar-refractivity contribution < 1.29 is 0 Å². The smallest absolute Gasteiger partial charge is 0.0225 e. The van der Waals surface area contributed by atoms with Crippen molar-refractivity contribution in [2.24, 2.45) is 18.9 Å². The van der Waals surface area contributed by atoms with Gasteiger partial charge in [0.05, 0.1) is 0 Å². The van der Waals surface area contributed by atoms with Crippen LogP contribution in [-0.4, -0.2) is 10.6 Å². The average molecular weight is 248 g/mol. The van der Waals surface area contributed by atoms with Gasteiger partial charge in [0, 0.05) is 31.0 Å². The number of hydrogen-bond acceptors (Lipinski definition) is 1. The van der Waals surface area contributed by atoms with E-state index in [2.05, 4.69) is 50.7 Å². The van der Waals surface area contributed by atoms with E-state index in [1.165, 1.54) is 36.2 Å². The summed E-state index contributed by atoms with van der Waals surface area (Å²) in [4.78, 5) is 0. The minimum atomic E-state index is 0.712. The Bertz CT molecular complexity index is 395. The molecule has 1 heterocycles. The van der Waals surface area contributed by atoms with Gasteiger partial charge in [-0.3, -0.25) is 0 Å². The quantitative estimate of drug-likeness (QED) is 0.865. The lowest BCUT2D eigenvalue weighted by molar-refractivity contribution is 0.238. The molecule has 0 spiro atoms. The van der Waals surface area contributed by atoms with Crippen molar-refractivity contribution in [3.05, 3.63) is 23.0 Å². The van der Waals surface area contributed by atoms with Gasteiger partial charge in [0.2, 0.25) is 0 Å². The lowest BCUT2D eigenvalue weighted by atomic mass is 9.80.